The molecule has 1 N–H and O–H groups in total. The van der Waals surface area contributed by atoms with Crippen LogP contribution in [0.25, 0.3) is 0 Å². The van der Waals surface area contributed by atoms with Gasteiger partial charge in [-0.3, -0.25) is 0 Å². The number of ether oxygens (including phenoxy) is 1. The molecule has 3 heteroatoms. The summed E-state index contributed by atoms with van der Waals surface area (Å²) in [4.78, 5) is 2.58. The van der Waals surface area contributed by atoms with E-state index in [1.807, 2.05) is 7.05 Å². The molecule has 3 nitrogen and oxygen atoms in total. The van der Waals surface area contributed by atoms with Gasteiger partial charge in [0, 0.05) is 25.7 Å². The molecule has 0 aromatic rings. The number of rotatable bonds is 7. The van der Waals surface area contributed by atoms with Crippen LogP contribution in [0, 0.1) is 0 Å². The minimum absolute atomic E-state index is 0.525. The Morgan fingerprint density at radius 2 is 2.06 bits per heavy atom. The fraction of sp³-hybridized carbons (Fsp3) is 1.00. The monoisotopic (exact) mass is 228 g/mol. The van der Waals surface area contributed by atoms with Crippen LogP contribution in [0.5, 0.6) is 0 Å². The van der Waals surface area contributed by atoms with Crippen molar-refractivity contribution in [2.45, 2.75) is 51.7 Å². The maximum absolute atomic E-state index is 5.65. The molecular formula is C13H28N2O. The lowest BCUT2D eigenvalue weighted by Crippen LogP contribution is -2.38. The second kappa shape index (κ2) is 8.04. The van der Waals surface area contributed by atoms with Gasteiger partial charge in [-0.1, -0.05) is 0 Å². The fourth-order valence-corrected chi connectivity index (χ4v) is 2.30. The summed E-state index contributed by atoms with van der Waals surface area (Å²) >= 11 is 0. The molecule has 16 heavy (non-hydrogen) atoms. The Hall–Kier alpha value is -0.120. The third-order valence-corrected chi connectivity index (χ3v) is 3.54. The van der Waals surface area contributed by atoms with Crippen molar-refractivity contribution in [1.29, 1.82) is 0 Å². The lowest BCUT2D eigenvalue weighted by molar-refractivity contribution is 0.0139. The normalized spacial score (nSPS) is 21.2. The van der Waals surface area contributed by atoms with E-state index in [4.69, 9.17) is 4.74 Å². The van der Waals surface area contributed by atoms with E-state index in [-0.39, 0.29) is 0 Å². The third-order valence-electron chi connectivity index (χ3n) is 3.54. The highest BCUT2D eigenvalue weighted by molar-refractivity contribution is 4.72. The number of piperidine rings is 1. The van der Waals surface area contributed by atoms with Crippen LogP contribution in [0.15, 0.2) is 0 Å². The highest BCUT2D eigenvalue weighted by Gasteiger charge is 2.18. The standard InChI is InChI=1S/C13H28N2O/c1-4-16-13-7-10-15(11-8-13)9-5-6-12(2)14-3/h12-14H,4-11H2,1-3H3. The van der Waals surface area contributed by atoms with E-state index in [0.29, 0.717) is 12.1 Å². The van der Waals surface area contributed by atoms with E-state index in [0.717, 1.165) is 6.61 Å². The Morgan fingerprint density at radius 1 is 1.38 bits per heavy atom. The lowest BCUT2D eigenvalue weighted by atomic mass is 10.1. The summed E-state index contributed by atoms with van der Waals surface area (Å²) in [6.45, 7) is 8.90. The van der Waals surface area contributed by atoms with E-state index < -0.39 is 0 Å². The van der Waals surface area contributed by atoms with Gasteiger partial charge in [0.2, 0.25) is 0 Å². The van der Waals surface area contributed by atoms with Gasteiger partial charge in [0.05, 0.1) is 6.10 Å². The van der Waals surface area contributed by atoms with Gasteiger partial charge >= 0.3 is 0 Å². The molecular weight excluding hydrogens is 200 g/mol. The van der Waals surface area contributed by atoms with E-state index >= 15 is 0 Å². The van der Waals surface area contributed by atoms with Crippen molar-refractivity contribution in [2.75, 3.05) is 33.3 Å². The van der Waals surface area contributed by atoms with Crippen LogP contribution in [0.1, 0.15) is 39.5 Å². The summed E-state index contributed by atoms with van der Waals surface area (Å²) in [7, 11) is 2.04. The lowest BCUT2D eigenvalue weighted by Gasteiger charge is -2.31. The quantitative estimate of drug-likeness (QED) is 0.720. The molecule has 0 aliphatic carbocycles. The molecule has 0 saturated carbocycles. The molecule has 1 aliphatic heterocycles. The topological polar surface area (TPSA) is 24.5 Å². The zero-order chi connectivity index (χ0) is 11.8. The Bertz CT molecular complexity index is 167. The summed E-state index contributed by atoms with van der Waals surface area (Å²) in [5, 5.41) is 3.29. The van der Waals surface area contributed by atoms with Crippen LogP contribution in [0.3, 0.4) is 0 Å². The smallest absolute Gasteiger partial charge is 0.0599 e. The first kappa shape index (κ1) is 13.9. The molecule has 1 rings (SSSR count). The summed E-state index contributed by atoms with van der Waals surface area (Å²) in [5.74, 6) is 0. The summed E-state index contributed by atoms with van der Waals surface area (Å²) in [6, 6.07) is 0.654. The van der Waals surface area contributed by atoms with E-state index in [9.17, 15) is 0 Å². The highest BCUT2D eigenvalue weighted by Crippen LogP contribution is 2.14. The number of nitrogens with zero attached hydrogens (tertiary/aromatic N) is 1. The van der Waals surface area contributed by atoms with Crippen LogP contribution in [0.2, 0.25) is 0 Å². The first-order valence-electron chi connectivity index (χ1n) is 6.77. The summed E-state index contributed by atoms with van der Waals surface area (Å²) in [5.41, 5.74) is 0. The Morgan fingerprint density at radius 3 is 2.62 bits per heavy atom. The van der Waals surface area contributed by atoms with Gasteiger partial charge in [0.15, 0.2) is 0 Å². The summed E-state index contributed by atoms with van der Waals surface area (Å²) < 4.78 is 5.65. The SMILES string of the molecule is CCOC1CCN(CCCC(C)NC)CC1. The van der Waals surface area contributed by atoms with Crippen LogP contribution in [-0.2, 0) is 4.74 Å². The van der Waals surface area contributed by atoms with Gasteiger partial charge in [-0.05, 0) is 53.1 Å². The van der Waals surface area contributed by atoms with Gasteiger partial charge in [-0.15, -0.1) is 0 Å². The van der Waals surface area contributed by atoms with Gasteiger partial charge in [-0.2, -0.15) is 0 Å². The molecule has 1 heterocycles. The minimum Gasteiger partial charge on any atom is -0.378 e. The van der Waals surface area contributed by atoms with Crippen molar-refractivity contribution in [3.8, 4) is 0 Å². The molecule has 1 fully saturated rings. The Kier molecular flexibility index (Phi) is 7.01. The van der Waals surface area contributed by atoms with E-state index in [2.05, 4.69) is 24.1 Å². The predicted octanol–water partition coefficient (Wildman–Crippen LogP) is 1.88. The number of likely N-dealkylation sites (tertiary alicyclic amines) is 1. The average molecular weight is 228 g/mol. The number of nitrogens with one attached hydrogen (secondary N) is 1. The van der Waals surface area contributed by atoms with Crippen molar-refractivity contribution in [3.05, 3.63) is 0 Å². The minimum atomic E-state index is 0.525. The van der Waals surface area contributed by atoms with Crippen LogP contribution in [-0.4, -0.2) is 50.3 Å². The molecule has 1 unspecified atom stereocenters. The highest BCUT2D eigenvalue weighted by atomic mass is 16.5. The number of hydrogen-bond acceptors (Lipinski definition) is 3. The average Bonchev–Trinajstić information content (AvgIpc) is 2.31. The van der Waals surface area contributed by atoms with Gasteiger partial charge < -0.3 is 15.0 Å². The molecule has 0 bridgehead atoms. The molecule has 0 amide bonds. The maximum Gasteiger partial charge on any atom is 0.0599 e. The van der Waals surface area contributed by atoms with Crippen molar-refractivity contribution < 1.29 is 4.74 Å². The second-order valence-electron chi connectivity index (χ2n) is 4.83. The van der Waals surface area contributed by atoms with Gasteiger partial charge in [-0.25, -0.2) is 0 Å². The molecule has 1 aliphatic rings. The van der Waals surface area contributed by atoms with Gasteiger partial charge in [0.25, 0.3) is 0 Å². The fourth-order valence-electron chi connectivity index (χ4n) is 2.30. The predicted molar refractivity (Wildman–Crippen MR) is 68.8 cm³/mol. The first-order chi connectivity index (χ1) is 7.76. The Labute approximate surface area is 101 Å². The van der Waals surface area contributed by atoms with Crippen LogP contribution < -0.4 is 5.32 Å². The number of hydrogen-bond donors (Lipinski definition) is 1. The van der Waals surface area contributed by atoms with Gasteiger partial charge in [0.1, 0.15) is 0 Å². The first-order valence-corrected chi connectivity index (χ1v) is 6.77. The molecule has 0 aromatic heterocycles. The summed E-state index contributed by atoms with van der Waals surface area (Å²) in [6.07, 6.45) is 5.55. The van der Waals surface area contributed by atoms with Crippen molar-refractivity contribution in [1.82, 2.24) is 10.2 Å². The molecule has 0 spiro atoms. The van der Waals surface area contributed by atoms with Crippen molar-refractivity contribution in [3.63, 3.8) is 0 Å². The molecule has 0 radical (unpaired) electrons. The zero-order valence-electron chi connectivity index (χ0n) is 11.2. The molecule has 96 valence electrons. The third kappa shape index (κ3) is 5.28. The molecule has 1 saturated heterocycles. The largest absolute Gasteiger partial charge is 0.378 e. The van der Waals surface area contributed by atoms with Crippen molar-refractivity contribution in [2.24, 2.45) is 0 Å². The molecule has 1 atom stereocenters. The maximum atomic E-state index is 5.65. The molecule has 0 aromatic carbocycles. The van der Waals surface area contributed by atoms with Crippen LogP contribution in [0.4, 0.5) is 0 Å². The van der Waals surface area contributed by atoms with E-state index in [1.54, 1.807) is 0 Å². The second-order valence-corrected chi connectivity index (χ2v) is 4.83. The Balaban J connectivity index is 2.03. The zero-order valence-corrected chi connectivity index (χ0v) is 11.2. The van der Waals surface area contributed by atoms with E-state index in [1.165, 1.54) is 45.3 Å². The van der Waals surface area contributed by atoms with Crippen LogP contribution >= 0.6 is 0 Å². The van der Waals surface area contributed by atoms with Crippen molar-refractivity contribution >= 4 is 0 Å².